The van der Waals surface area contributed by atoms with Gasteiger partial charge in [0.25, 0.3) is 0 Å². The molecule has 0 spiro atoms. The van der Waals surface area contributed by atoms with E-state index in [1.807, 2.05) is 57.9 Å². The van der Waals surface area contributed by atoms with E-state index in [1.165, 1.54) is 23.5 Å². The van der Waals surface area contributed by atoms with Crippen LogP contribution >= 0.6 is 22.7 Å². The lowest BCUT2D eigenvalue weighted by Crippen LogP contribution is -2.32. The van der Waals surface area contributed by atoms with Gasteiger partial charge in [-0.05, 0) is 47.5 Å². The molecule has 0 radical (unpaired) electrons. The summed E-state index contributed by atoms with van der Waals surface area (Å²) in [4.78, 5) is 5.70. The fourth-order valence-corrected chi connectivity index (χ4v) is 6.81. The summed E-state index contributed by atoms with van der Waals surface area (Å²) >= 11 is 3.01. The van der Waals surface area contributed by atoms with Crippen LogP contribution in [0.3, 0.4) is 0 Å². The van der Waals surface area contributed by atoms with Gasteiger partial charge in [-0.2, -0.15) is 8.42 Å². The molecule has 1 atom stereocenters. The van der Waals surface area contributed by atoms with Crippen LogP contribution < -0.4 is 9.44 Å². The number of benzene rings is 2. The molecule has 0 aliphatic carbocycles. The SMILES string of the molecule is O=S(=O)(O)Nc1ccc(C[C@H](NS(=O)(=O)CCc2ccccc2)c2csc(-c3cccs3)n2)cc1. The molecular weight excluding hydrogens is 527 g/mol. The number of sulfonamides is 1. The lowest BCUT2D eigenvalue weighted by Gasteiger charge is -2.18. The summed E-state index contributed by atoms with van der Waals surface area (Å²) in [6, 6.07) is 19.1. The van der Waals surface area contributed by atoms with Crippen LogP contribution in [-0.4, -0.2) is 32.1 Å². The van der Waals surface area contributed by atoms with Crippen LogP contribution in [0.4, 0.5) is 5.69 Å². The largest absolute Gasteiger partial charge is 0.357 e. The fraction of sp³-hybridized carbons (Fsp3) is 0.174. The standard InChI is InChI=1S/C23H23N3O5S4/c27-34(28,14-12-17-5-2-1-3-6-17)26-20(21-16-33-23(24-21)22-7-4-13-32-22)15-18-8-10-19(11-9-18)25-35(29,30)31/h1-11,13,16,20,25-26H,12,14-15H2,(H,29,30,31)/t20-/m0/s1. The molecule has 0 aliphatic heterocycles. The Morgan fingerprint density at radius 3 is 2.29 bits per heavy atom. The highest BCUT2D eigenvalue weighted by Crippen LogP contribution is 2.31. The molecule has 2 aromatic carbocycles. The van der Waals surface area contributed by atoms with Gasteiger partial charge in [0.2, 0.25) is 10.0 Å². The minimum absolute atomic E-state index is 0.0628. The van der Waals surface area contributed by atoms with Crippen LogP contribution in [0, 0.1) is 0 Å². The lowest BCUT2D eigenvalue weighted by atomic mass is 10.0. The second-order valence-corrected chi connectivity index (χ2v) is 12.6. The van der Waals surface area contributed by atoms with Crippen molar-refractivity contribution in [1.82, 2.24) is 9.71 Å². The molecule has 0 aliphatic rings. The van der Waals surface area contributed by atoms with Crippen LogP contribution in [0.5, 0.6) is 0 Å². The van der Waals surface area contributed by atoms with Gasteiger partial charge in [-0.1, -0.05) is 48.5 Å². The van der Waals surface area contributed by atoms with Gasteiger partial charge >= 0.3 is 10.3 Å². The Kier molecular flexibility index (Phi) is 7.99. The molecule has 2 heterocycles. The molecule has 0 amide bonds. The summed E-state index contributed by atoms with van der Waals surface area (Å²) in [7, 11) is -8.01. The van der Waals surface area contributed by atoms with Crippen molar-refractivity contribution in [1.29, 1.82) is 0 Å². The number of hydrogen-bond donors (Lipinski definition) is 3. The van der Waals surface area contributed by atoms with Crippen molar-refractivity contribution in [2.45, 2.75) is 18.9 Å². The molecule has 184 valence electrons. The second-order valence-electron chi connectivity index (χ2n) is 7.76. The van der Waals surface area contributed by atoms with E-state index in [-0.39, 0.29) is 11.4 Å². The highest BCUT2D eigenvalue weighted by atomic mass is 32.2. The summed E-state index contributed by atoms with van der Waals surface area (Å²) in [6.45, 7) is 0. The normalized spacial score (nSPS) is 12.9. The number of thiophene rings is 1. The van der Waals surface area contributed by atoms with Gasteiger partial charge in [0.15, 0.2) is 0 Å². The van der Waals surface area contributed by atoms with Crippen LogP contribution in [0.25, 0.3) is 9.88 Å². The number of hydrogen-bond acceptors (Lipinski definition) is 7. The molecule has 4 rings (SSSR count). The number of anilines is 1. The topological polar surface area (TPSA) is 125 Å². The Morgan fingerprint density at radius 1 is 0.886 bits per heavy atom. The van der Waals surface area contributed by atoms with Crippen molar-refractivity contribution in [3.63, 3.8) is 0 Å². The maximum Gasteiger partial charge on any atom is 0.357 e. The van der Waals surface area contributed by atoms with Gasteiger partial charge in [-0.3, -0.25) is 9.27 Å². The zero-order valence-electron chi connectivity index (χ0n) is 18.4. The Hall–Kier alpha value is -2.61. The van der Waals surface area contributed by atoms with E-state index in [0.717, 1.165) is 21.0 Å². The van der Waals surface area contributed by atoms with E-state index in [9.17, 15) is 16.8 Å². The summed E-state index contributed by atoms with van der Waals surface area (Å²) in [5.41, 5.74) is 2.52. The molecule has 2 aromatic heterocycles. The number of thiazole rings is 1. The number of nitrogens with one attached hydrogen (secondary N) is 2. The molecule has 0 saturated carbocycles. The van der Waals surface area contributed by atoms with Gasteiger partial charge in [0.1, 0.15) is 5.01 Å². The van der Waals surface area contributed by atoms with Crippen molar-refractivity contribution in [2.24, 2.45) is 0 Å². The Bertz CT molecular complexity index is 1450. The third kappa shape index (κ3) is 7.69. The van der Waals surface area contributed by atoms with E-state index in [1.54, 1.807) is 23.5 Å². The monoisotopic (exact) mass is 549 g/mol. The highest BCUT2D eigenvalue weighted by molar-refractivity contribution is 7.89. The number of aryl methyl sites for hydroxylation is 1. The van der Waals surface area contributed by atoms with Crippen LogP contribution in [0.15, 0.2) is 77.5 Å². The van der Waals surface area contributed by atoms with Crippen LogP contribution in [0.2, 0.25) is 0 Å². The van der Waals surface area contributed by atoms with Crippen LogP contribution in [-0.2, 0) is 33.2 Å². The molecule has 12 heteroatoms. The summed E-state index contributed by atoms with van der Waals surface area (Å²) < 4.78 is 61.8. The molecule has 0 bridgehead atoms. The molecule has 0 unspecified atom stereocenters. The van der Waals surface area contributed by atoms with Crippen molar-refractivity contribution < 1.29 is 21.4 Å². The second kappa shape index (κ2) is 11.0. The predicted octanol–water partition coefficient (Wildman–Crippen LogP) is 4.53. The van der Waals surface area contributed by atoms with Gasteiger partial charge < -0.3 is 0 Å². The summed E-state index contributed by atoms with van der Waals surface area (Å²) in [6.07, 6.45) is 0.695. The van der Waals surface area contributed by atoms with E-state index >= 15 is 0 Å². The van der Waals surface area contributed by atoms with Gasteiger partial charge in [-0.25, -0.2) is 18.1 Å². The van der Waals surface area contributed by atoms with Crippen molar-refractivity contribution >= 4 is 48.7 Å². The van der Waals surface area contributed by atoms with Gasteiger partial charge in [0.05, 0.1) is 28.1 Å². The zero-order chi connectivity index (χ0) is 24.9. The Labute approximate surface area is 212 Å². The van der Waals surface area contributed by atoms with Crippen molar-refractivity contribution in [3.8, 4) is 9.88 Å². The van der Waals surface area contributed by atoms with Crippen LogP contribution in [0.1, 0.15) is 22.9 Å². The lowest BCUT2D eigenvalue weighted by molar-refractivity contribution is 0.489. The highest BCUT2D eigenvalue weighted by Gasteiger charge is 2.23. The zero-order valence-corrected chi connectivity index (χ0v) is 21.6. The van der Waals surface area contributed by atoms with E-state index in [0.29, 0.717) is 18.5 Å². The molecule has 3 N–H and O–H groups in total. The first-order valence-corrected chi connectivity index (χ1v) is 15.4. The molecule has 0 fully saturated rings. The number of rotatable bonds is 11. The van der Waals surface area contributed by atoms with Crippen molar-refractivity contribution in [3.05, 3.63) is 94.3 Å². The molecular formula is C23H23N3O5S4. The van der Waals surface area contributed by atoms with E-state index in [2.05, 4.69) is 4.72 Å². The third-order valence-electron chi connectivity index (χ3n) is 5.08. The summed E-state index contributed by atoms with van der Waals surface area (Å²) in [5, 5.41) is 4.63. The van der Waals surface area contributed by atoms with Gasteiger partial charge in [0, 0.05) is 5.38 Å². The van der Waals surface area contributed by atoms with Crippen molar-refractivity contribution in [2.75, 3.05) is 10.5 Å². The maximum absolute atomic E-state index is 13.0. The Morgan fingerprint density at radius 2 is 1.63 bits per heavy atom. The fourth-order valence-electron chi connectivity index (χ4n) is 3.43. The average Bonchev–Trinajstić information content (AvgIpc) is 3.50. The first-order chi connectivity index (χ1) is 16.7. The third-order valence-corrected chi connectivity index (χ3v) is 8.85. The first-order valence-electron chi connectivity index (χ1n) is 10.5. The molecule has 8 nitrogen and oxygen atoms in total. The summed E-state index contributed by atoms with van der Waals surface area (Å²) in [5.74, 6) is -0.0628. The molecule has 35 heavy (non-hydrogen) atoms. The maximum atomic E-state index is 13.0. The van der Waals surface area contributed by atoms with Gasteiger partial charge in [-0.15, -0.1) is 22.7 Å². The number of nitrogens with zero attached hydrogens (tertiary/aromatic N) is 1. The average molecular weight is 550 g/mol. The minimum Gasteiger partial charge on any atom is -0.269 e. The quantitative estimate of drug-likeness (QED) is 0.236. The van der Waals surface area contributed by atoms with E-state index in [4.69, 9.17) is 9.54 Å². The minimum atomic E-state index is -4.38. The predicted molar refractivity (Wildman–Crippen MR) is 141 cm³/mol. The van der Waals surface area contributed by atoms with E-state index < -0.39 is 26.4 Å². The number of aromatic nitrogens is 1. The molecule has 0 saturated heterocycles. The smallest absolute Gasteiger partial charge is 0.269 e. The molecule has 4 aromatic rings. The first kappa shape index (κ1) is 25.5. The Balaban J connectivity index is 1.54.